The summed E-state index contributed by atoms with van der Waals surface area (Å²) in [5, 5.41) is 3.17. The van der Waals surface area contributed by atoms with E-state index >= 15 is 0 Å². The van der Waals surface area contributed by atoms with E-state index in [9.17, 15) is 0 Å². The predicted molar refractivity (Wildman–Crippen MR) is 56.4 cm³/mol. The lowest BCUT2D eigenvalue weighted by atomic mass is 10.2. The molecule has 0 saturated carbocycles. The summed E-state index contributed by atoms with van der Waals surface area (Å²) in [5.41, 5.74) is 0. The van der Waals surface area contributed by atoms with Crippen LogP contribution in [0.4, 0.5) is 0 Å². The summed E-state index contributed by atoms with van der Waals surface area (Å²) in [5.74, 6) is 0.974. The minimum Gasteiger partial charge on any atom is -0.488 e. The Kier molecular flexibility index (Phi) is 2.51. The van der Waals surface area contributed by atoms with Crippen LogP contribution < -0.4 is 10.1 Å². The van der Waals surface area contributed by atoms with Crippen LogP contribution >= 0.6 is 22.6 Å². The fourth-order valence-corrected chi connectivity index (χ4v) is 1.41. The quantitative estimate of drug-likeness (QED) is 0.828. The molecule has 0 atom stereocenters. The molecule has 0 bridgehead atoms. The van der Waals surface area contributed by atoms with E-state index in [-0.39, 0.29) is 0 Å². The molecule has 1 aromatic carbocycles. The Bertz CT molecular complexity index is 256. The number of benzene rings is 1. The summed E-state index contributed by atoms with van der Waals surface area (Å²) in [6.07, 6.45) is 0.380. The predicted octanol–water partition coefficient (Wildman–Crippen LogP) is 1.64. The molecule has 0 spiro atoms. The summed E-state index contributed by atoms with van der Waals surface area (Å²) in [7, 11) is 0. The minimum atomic E-state index is 0.380. The van der Waals surface area contributed by atoms with Crippen LogP contribution in [0.1, 0.15) is 0 Å². The zero-order valence-corrected chi connectivity index (χ0v) is 8.74. The number of hydrogen-bond acceptors (Lipinski definition) is 2. The normalized spacial score (nSPS) is 17.1. The van der Waals surface area contributed by atoms with Crippen molar-refractivity contribution in [2.75, 3.05) is 13.1 Å². The topological polar surface area (TPSA) is 21.3 Å². The molecule has 0 aromatic heterocycles. The maximum absolute atomic E-state index is 5.64. The molecule has 1 fully saturated rings. The molecular weight excluding hydrogens is 265 g/mol. The molecule has 1 aliphatic rings. The first-order chi connectivity index (χ1) is 5.84. The van der Waals surface area contributed by atoms with Gasteiger partial charge in [0.2, 0.25) is 0 Å². The summed E-state index contributed by atoms with van der Waals surface area (Å²) in [6.45, 7) is 1.96. The molecular formula is C9H10INO. The molecule has 12 heavy (non-hydrogen) atoms. The van der Waals surface area contributed by atoms with Crippen LogP contribution in [0.25, 0.3) is 0 Å². The lowest BCUT2D eigenvalue weighted by molar-refractivity contribution is 0.142. The summed E-state index contributed by atoms with van der Waals surface area (Å²) in [6, 6.07) is 8.14. The summed E-state index contributed by atoms with van der Waals surface area (Å²) >= 11 is 2.29. The highest BCUT2D eigenvalue weighted by Gasteiger charge is 2.17. The van der Waals surface area contributed by atoms with Crippen LogP contribution in [-0.2, 0) is 0 Å². The van der Waals surface area contributed by atoms with Crippen molar-refractivity contribution in [1.29, 1.82) is 0 Å². The number of hydrogen-bond donors (Lipinski definition) is 1. The highest BCUT2D eigenvalue weighted by Crippen LogP contribution is 2.15. The first-order valence-electron chi connectivity index (χ1n) is 3.97. The molecule has 3 heteroatoms. The van der Waals surface area contributed by atoms with Crippen molar-refractivity contribution in [3.05, 3.63) is 27.8 Å². The Hall–Kier alpha value is -0.290. The van der Waals surface area contributed by atoms with Gasteiger partial charge in [0.15, 0.2) is 0 Å². The standard InChI is InChI=1S/C9H10INO/c10-7-1-3-8(4-2-7)12-9-5-11-6-9/h1-4,9,11H,5-6H2. The van der Waals surface area contributed by atoms with Crippen LogP contribution in [0, 0.1) is 3.57 Å². The largest absolute Gasteiger partial charge is 0.488 e. The molecule has 1 aliphatic heterocycles. The second-order valence-electron chi connectivity index (χ2n) is 2.85. The van der Waals surface area contributed by atoms with Gasteiger partial charge in [0.1, 0.15) is 11.9 Å². The van der Waals surface area contributed by atoms with Gasteiger partial charge in [-0.05, 0) is 46.9 Å². The third kappa shape index (κ3) is 1.90. The average molecular weight is 275 g/mol. The van der Waals surface area contributed by atoms with Gasteiger partial charge in [0.05, 0.1) is 0 Å². The average Bonchev–Trinajstić information content (AvgIpc) is 2.00. The van der Waals surface area contributed by atoms with E-state index in [1.807, 2.05) is 12.1 Å². The van der Waals surface area contributed by atoms with Crippen LogP contribution in [0.3, 0.4) is 0 Å². The first-order valence-corrected chi connectivity index (χ1v) is 5.05. The third-order valence-corrected chi connectivity index (χ3v) is 2.58. The second kappa shape index (κ2) is 3.62. The Morgan fingerprint density at radius 2 is 1.92 bits per heavy atom. The summed E-state index contributed by atoms with van der Waals surface area (Å²) < 4.78 is 6.88. The lowest BCUT2D eigenvalue weighted by Gasteiger charge is -2.27. The number of rotatable bonds is 2. The van der Waals surface area contributed by atoms with Crippen molar-refractivity contribution in [3.63, 3.8) is 0 Å². The van der Waals surface area contributed by atoms with Crippen molar-refractivity contribution in [3.8, 4) is 5.75 Å². The fourth-order valence-electron chi connectivity index (χ4n) is 1.05. The van der Waals surface area contributed by atoms with E-state index in [4.69, 9.17) is 4.74 Å². The molecule has 1 aromatic rings. The van der Waals surface area contributed by atoms with Crippen molar-refractivity contribution in [1.82, 2.24) is 5.32 Å². The first kappa shape index (κ1) is 8.31. The molecule has 1 N–H and O–H groups in total. The van der Waals surface area contributed by atoms with Crippen molar-refractivity contribution in [2.45, 2.75) is 6.10 Å². The molecule has 0 unspecified atom stereocenters. The Balaban J connectivity index is 1.98. The fraction of sp³-hybridized carbons (Fsp3) is 0.333. The van der Waals surface area contributed by atoms with Gasteiger partial charge in [-0.3, -0.25) is 0 Å². The molecule has 1 heterocycles. The highest BCUT2D eigenvalue weighted by atomic mass is 127. The van der Waals surface area contributed by atoms with Crippen LogP contribution in [-0.4, -0.2) is 19.2 Å². The van der Waals surface area contributed by atoms with Crippen molar-refractivity contribution >= 4 is 22.6 Å². The maximum Gasteiger partial charge on any atom is 0.123 e. The van der Waals surface area contributed by atoms with Gasteiger partial charge in [0, 0.05) is 16.7 Å². The molecule has 64 valence electrons. The van der Waals surface area contributed by atoms with Gasteiger partial charge in [0.25, 0.3) is 0 Å². The number of nitrogens with one attached hydrogen (secondary N) is 1. The second-order valence-corrected chi connectivity index (χ2v) is 4.10. The lowest BCUT2D eigenvalue weighted by Crippen LogP contribution is -2.50. The minimum absolute atomic E-state index is 0.380. The van der Waals surface area contributed by atoms with Crippen LogP contribution in [0.5, 0.6) is 5.75 Å². The Morgan fingerprint density at radius 3 is 2.42 bits per heavy atom. The van der Waals surface area contributed by atoms with Crippen molar-refractivity contribution in [2.24, 2.45) is 0 Å². The van der Waals surface area contributed by atoms with E-state index in [0.29, 0.717) is 6.10 Å². The third-order valence-electron chi connectivity index (χ3n) is 1.86. The molecule has 0 amide bonds. The smallest absolute Gasteiger partial charge is 0.123 e. The molecule has 0 radical (unpaired) electrons. The van der Waals surface area contributed by atoms with Gasteiger partial charge in [-0.15, -0.1) is 0 Å². The molecule has 0 aliphatic carbocycles. The van der Waals surface area contributed by atoms with E-state index in [2.05, 4.69) is 40.0 Å². The zero-order chi connectivity index (χ0) is 8.39. The maximum atomic E-state index is 5.64. The summed E-state index contributed by atoms with van der Waals surface area (Å²) in [4.78, 5) is 0. The number of halogens is 1. The van der Waals surface area contributed by atoms with Crippen LogP contribution in [0.15, 0.2) is 24.3 Å². The highest BCUT2D eigenvalue weighted by molar-refractivity contribution is 14.1. The molecule has 2 nitrogen and oxygen atoms in total. The van der Waals surface area contributed by atoms with Gasteiger partial charge < -0.3 is 10.1 Å². The van der Waals surface area contributed by atoms with Gasteiger partial charge in [-0.25, -0.2) is 0 Å². The Labute approximate surface area is 85.4 Å². The van der Waals surface area contributed by atoms with E-state index in [1.54, 1.807) is 0 Å². The number of ether oxygens (including phenoxy) is 1. The van der Waals surface area contributed by atoms with E-state index < -0.39 is 0 Å². The van der Waals surface area contributed by atoms with Crippen molar-refractivity contribution < 1.29 is 4.74 Å². The monoisotopic (exact) mass is 275 g/mol. The molecule has 2 rings (SSSR count). The van der Waals surface area contributed by atoms with Gasteiger partial charge in [-0.1, -0.05) is 0 Å². The van der Waals surface area contributed by atoms with Gasteiger partial charge in [-0.2, -0.15) is 0 Å². The zero-order valence-electron chi connectivity index (χ0n) is 6.59. The Morgan fingerprint density at radius 1 is 1.25 bits per heavy atom. The SMILES string of the molecule is Ic1ccc(OC2CNC2)cc1. The van der Waals surface area contributed by atoms with E-state index in [0.717, 1.165) is 18.8 Å². The van der Waals surface area contributed by atoms with Gasteiger partial charge >= 0.3 is 0 Å². The van der Waals surface area contributed by atoms with E-state index in [1.165, 1.54) is 3.57 Å². The van der Waals surface area contributed by atoms with Crippen LogP contribution in [0.2, 0.25) is 0 Å². The molecule has 1 saturated heterocycles.